The molecule has 0 aliphatic heterocycles. The molecule has 10 heavy (non-hydrogen) atoms. The van der Waals surface area contributed by atoms with Crippen molar-refractivity contribution in [3.63, 3.8) is 0 Å². The van der Waals surface area contributed by atoms with E-state index in [0.29, 0.717) is 35.5 Å². The van der Waals surface area contributed by atoms with Crippen molar-refractivity contribution in [2.75, 3.05) is 0 Å². The lowest BCUT2D eigenvalue weighted by Crippen LogP contribution is -3.16. The van der Waals surface area contributed by atoms with E-state index in [1.165, 1.54) is 0 Å². The van der Waals surface area contributed by atoms with Crippen molar-refractivity contribution in [1.29, 1.82) is 0 Å². The van der Waals surface area contributed by atoms with Crippen LogP contribution >= 0.6 is 0 Å². The van der Waals surface area contributed by atoms with Gasteiger partial charge in [0.05, 0.1) is 0 Å². The third kappa shape index (κ3) is 0.104. The summed E-state index contributed by atoms with van der Waals surface area (Å²) in [6.07, 6.45) is 0. The molecule has 0 radical (unpaired) electrons. The molecule has 0 saturated heterocycles. The SMILES string of the molecule is NC12C3C4C1C1C2C3C41F. The molecule has 1 nitrogen and oxygen atoms in total. The molecule has 2 N–H and O–H groups in total. The van der Waals surface area contributed by atoms with E-state index >= 15 is 0 Å². The number of rotatable bonds is 0. The van der Waals surface area contributed by atoms with Gasteiger partial charge in [0.25, 0.3) is 0 Å². The highest BCUT2D eigenvalue weighted by molar-refractivity contribution is 5.59. The first kappa shape index (κ1) is 4.05. The lowest BCUT2D eigenvalue weighted by Gasteiger charge is -3.08. The van der Waals surface area contributed by atoms with Gasteiger partial charge in [-0.25, -0.2) is 4.39 Å². The molecule has 0 aromatic heterocycles. The van der Waals surface area contributed by atoms with Crippen LogP contribution in [0.4, 0.5) is 4.39 Å². The summed E-state index contributed by atoms with van der Waals surface area (Å²) < 4.78 is 13.5. The Morgan fingerprint density at radius 1 is 0.900 bits per heavy atom. The minimum atomic E-state index is -0.638. The van der Waals surface area contributed by atoms with Crippen LogP contribution in [0.1, 0.15) is 0 Å². The molecule has 52 valence electrons. The number of hydrogen-bond acceptors (Lipinski definition) is 1. The Balaban J connectivity index is 1.87. The summed E-state index contributed by atoms with van der Waals surface area (Å²) >= 11 is 0. The number of hydrogen-bond donors (Lipinski definition) is 1. The van der Waals surface area contributed by atoms with E-state index in [-0.39, 0.29) is 5.54 Å². The fraction of sp³-hybridized carbons (Fsp3) is 1.00. The molecule has 6 aliphatic carbocycles. The molecule has 0 aromatic rings. The van der Waals surface area contributed by atoms with E-state index in [4.69, 9.17) is 5.73 Å². The number of halogens is 1. The average Bonchev–Trinajstić information content (AvgIpc) is 1.99. The van der Waals surface area contributed by atoms with Crippen LogP contribution in [-0.2, 0) is 0 Å². The van der Waals surface area contributed by atoms with Gasteiger partial charge in [-0.3, -0.25) is 0 Å². The Bertz CT molecular complexity index is 214. The molecule has 6 fully saturated rings. The van der Waals surface area contributed by atoms with Crippen LogP contribution in [0.3, 0.4) is 0 Å². The zero-order chi connectivity index (χ0) is 6.46. The van der Waals surface area contributed by atoms with Gasteiger partial charge in [0.15, 0.2) is 0 Å². The van der Waals surface area contributed by atoms with Crippen molar-refractivity contribution in [1.82, 2.24) is 0 Å². The largest absolute Gasteiger partial charge is 0.324 e. The zero-order valence-corrected chi connectivity index (χ0v) is 5.42. The van der Waals surface area contributed by atoms with Crippen LogP contribution in [0.25, 0.3) is 0 Å². The maximum absolute atomic E-state index is 13.5. The van der Waals surface area contributed by atoms with Crippen LogP contribution in [0.5, 0.6) is 0 Å². The molecule has 0 aromatic carbocycles. The smallest absolute Gasteiger partial charge is 0.121 e. The summed E-state index contributed by atoms with van der Waals surface area (Å²) in [5.74, 6) is 3.32. The highest BCUT2D eigenvalue weighted by Crippen LogP contribution is 3.03. The molecule has 6 rings (SSSR count). The lowest BCUT2D eigenvalue weighted by molar-refractivity contribution is -0.610. The molecule has 2 heteroatoms. The van der Waals surface area contributed by atoms with Crippen LogP contribution in [-0.4, -0.2) is 11.2 Å². The minimum Gasteiger partial charge on any atom is -0.324 e. The molecule has 0 spiro atoms. The molecule has 6 saturated carbocycles. The van der Waals surface area contributed by atoms with Gasteiger partial charge >= 0.3 is 0 Å². The van der Waals surface area contributed by atoms with Crippen molar-refractivity contribution in [3.05, 3.63) is 0 Å². The molecule has 6 aliphatic rings. The van der Waals surface area contributed by atoms with Crippen molar-refractivity contribution in [2.45, 2.75) is 11.2 Å². The first-order valence-electron chi connectivity index (χ1n) is 4.21. The summed E-state index contributed by atoms with van der Waals surface area (Å²) in [5.41, 5.74) is 5.64. The Kier molecular flexibility index (Phi) is 0.251. The fourth-order valence-electron chi connectivity index (χ4n) is 5.48. The minimum absolute atomic E-state index is 0.202. The maximum Gasteiger partial charge on any atom is 0.121 e. The summed E-state index contributed by atoms with van der Waals surface area (Å²) in [6, 6.07) is 0. The summed E-state index contributed by atoms with van der Waals surface area (Å²) in [4.78, 5) is 0. The third-order valence-corrected chi connectivity index (χ3v) is 5.59. The van der Waals surface area contributed by atoms with Crippen molar-refractivity contribution in [2.24, 2.45) is 41.2 Å². The molecule has 0 bridgehead atoms. The monoisotopic (exact) mass is 137 g/mol. The van der Waals surface area contributed by atoms with E-state index < -0.39 is 5.67 Å². The van der Waals surface area contributed by atoms with Gasteiger partial charge in [-0.1, -0.05) is 0 Å². The molecule has 0 heterocycles. The number of alkyl halides is 1. The Hall–Kier alpha value is -0.110. The predicted molar refractivity (Wildman–Crippen MR) is 31.7 cm³/mol. The van der Waals surface area contributed by atoms with E-state index in [1.54, 1.807) is 0 Å². The Morgan fingerprint density at radius 2 is 1.30 bits per heavy atom. The highest BCUT2D eigenvalue weighted by atomic mass is 19.1. The standard InChI is InChI=1S/C8H8FN/c9-7-1-4-2(7)6-3(7)5(1)8(4,6)10/h1-6H,10H2. The van der Waals surface area contributed by atoms with Gasteiger partial charge in [0.2, 0.25) is 0 Å². The fourth-order valence-corrected chi connectivity index (χ4v) is 5.48. The molecular formula is C8H8FN. The first-order chi connectivity index (χ1) is 4.73. The topological polar surface area (TPSA) is 26.0 Å². The van der Waals surface area contributed by atoms with E-state index in [9.17, 15) is 4.39 Å². The molecular weight excluding hydrogens is 129 g/mol. The molecule has 0 atom stereocenters. The molecule has 0 unspecified atom stereocenters. The summed E-state index contributed by atoms with van der Waals surface area (Å²) in [5, 5.41) is 0. The van der Waals surface area contributed by atoms with E-state index in [1.807, 2.05) is 0 Å². The van der Waals surface area contributed by atoms with Gasteiger partial charge in [0.1, 0.15) is 5.67 Å². The lowest BCUT2D eigenvalue weighted by atomic mass is 8.97. The van der Waals surface area contributed by atoms with Gasteiger partial charge in [-0.2, -0.15) is 0 Å². The third-order valence-electron chi connectivity index (χ3n) is 5.59. The highest BCUT2D eigenvalue weighted by Gasteiger charge is 3.10. The van der Waals surface area contributed by atoms with Crippen molar-refractivity contribution < 1.29 is 4.39 Å². The summed E-state index contributed by atoms with van der Waals surface area (Å²) in [7, 11) is 0. The van der Waals surface area contributed by atoms with Gasteiger partial charge < -0.3 is 5.73 Å². The Labute approximate surface area is 57.8 Å². The number of nitrogens with two attached hydrogens (primary N) is 1. The normalized spacial score (nSPS) is 104. The van der Waals surface area contributed by atoms with Gasteiger partial charge in [-0.15, -0.1) is 0 Å². The second-order valence-electron chi connectivity index (χ2n) is 4.98. The van der Waals surface area contributed by atoms with Crippen molar-refractivity contribution >= 4 is 0 Å². The van der Waals surface area contributed by atoms with Crippen LogP contribution < -0.4 is 5.73 Å². The molecule has 0 amide bonds. The second-order valence-corrected chi connectivity index (χ2v) is 4.98. The zero-order valence-electron chi connectivity index (χ0n) is 5.42. The van der Waals surface area contributed by atoms with Crippen LogP contribution in [0.15, 0.2) is 0 Å². The predicted octanol–water partition coefficient (Wildman–Crippen LogP) is 0.157. The van der Waals surface area contributed by atoms with Gasteiger partial charge in [0, 0.05) is 23.3 Å². The summed E-state index contributed by atoms with van der Waals surface area (Å²) in [6.45, 7) is 0. The van der Waals surface area contributed by atoms with E-state index in [0.717, 1.165) is 0 Å². The van der Waals surface area contributed by atoms with Crippen LogP contribution in [0.2, 0.25) is 0 Å². The average molecular weight is 137 g/mol. The van der Waals surface area contributed by atoms with E-state index in [2.05, 4.69) is 0 Å². The quantitative estimate of drug-likeness (QED) is 0.505. The Morgan fingerprint density at radius 3 is 1.60 bits per heavy atom. The van der Waals surface area contributed by atoms with Crippen molar-refractivity contribution in [3.8, 4) is 0 Å². The second kappa shape index (κ2) is 0.619. The van der Waals surface area contributed by atoms with Gasteiger partial charge in [-0.05, 0) is 17.8 Å². The van der Waals surface area contributed by atoms with Crippen LogP contribution in [0, 0.1) is 35.5 Å². The maximum atomic E-state index is 13.5. The first-order valence-corrected chi connectivity index (χ1v) is 4.21.